The zero-order valence-electron chi connectivity index (χ0n) is 12.6. The molecule has 6 nitrogen and oxygen atoms in total. The maximum absolute atomic E-state index is 12.1. The summed E-state index contributed by atoms with van der Waals surface area (Å²) in [6.45, 7) is 1.32. The number of hydrogen-bond donors (Lipinski definition) is 1. The van der Waals surface area contributed by atoms with E-state index in [-0.39, 0.29) is 12.0 Å². The lowest BCUT2D eigenvalue weighted by Crippen LogP contribution is -2.39. The average Bonchev–Trinajstić information content (AvgIpc) is 3.24. The third-order valence-electron chi connectivity index (χ3n) is 3.91. The van der Waals surface area contributed by atoms with Crippen molar-refractivity contribution >= 4 is 11.6 Å². The SMILES string of the molecule is COc1ccc(C2=NO[C@@H](C(=O)NC[C@@H]3CCCO3)C2)cc1. The molecular formula is C16H20N2O4. The number of oxime groups is 1. The summed E-state index contributed by atoms with van der Waals surface area (Å²) in [4.78, 5) is 17.4. The van der Waals surface area contributed by atoms with E-state index < -0.39 is 6.10 Å². The van der Waals surface area contributed by atoms with Crippen LogP contribution in [0.15, 0.2) is 29.4 Å². The van der Waals surface area contributed by atoms with Gasteiger partial charge >= 0.3 is 0 Å². The van der Waals surface area contributed by atoms with Crippen LogP contribution in [0, 0.1) is 0 Å². The lowest BCUT2D eigenvalue weighted by molar-refractivity contribution is -0.131. The molecule has 3 rings (SSSR count). The zero-order valence-corrected chi connectivity index (χ0v) is 12.6. The van der Waals surface area contributed by atoms with Crippen molar-refractivity contribution in [3.8, 4) is 5.75 Å². The Kier molecular flexibility index (Phi) is 4.58. The van der Waals surface area contributed by atoms with Gasteiger partial charge in [0.1, 0.15) is 5.75 Å². The minimum atomic E-state index is -0.557. The number of hydrogen-bond acceptors (Lipinski definition) is 5. The number of carbonyl (C=O) groups excluding carboxylic acids is 1. The summed E-state index contributed by atoms with van der Waals surface area (Å²) in [5.41, 5.74) is 1.72. The predicted molar refractivity (Wildman–Crippen MR) is 81.0 cm³/mol. The summed E-state index contributed by atoms with van der Waals surface area (Å²) >= 11 is 0. The van der Waals surface area contributed by atoms with Crippen LogP contribution >= 0.6 is 0 Å². The molecule has 118 valence electrons. The molecule has 2 atom stereocenters. The maximum atomic E-state index is 12.1. The van der Waals surface area contributed by atoms with E-state index in [4.69, 9.17) is 14.3 Å². The molecule has 0 radical (unpaired) electrons. The molecule has 1 saturated heterocycles. The van der Waals surface area contributed by atoms with Gasteiger partial charge in [0.2, 0.25) is 6.10 Å². The van der Waals surface area contributed by atoms with E-state index in [1.165, 1.54) is 0 Å². The average molecular weight is 304 g/mol. The fourth-order valence-corrected chi connectivity index (χ4v) is 2.61. The first-order chi connectivity index (χ1) is 10.8. The molecule has 2 aliphatic heterocycles. The first-order valence-electron chi connectivity index (χ1n) is 7.52. The lowest BCUT2D eigenvalue weighted by atomic mass is 10.0. The molecule has 0 aromatic heterocycles. The van der Waals surface area contributed by atoms with Crippen LogP contribution in [-0.4, -0.2) is 44.1 Å². The number of ether oxygens (including phenoxy) is 2. The molecule has 0 aliphatic carbocycles. The monoisotopic (exact) mass is 304 g/mol. The van der Waals surface area contributed by atoms with Crippen molar-refractivity contribution < 1.29 is 19.1 Å². The number of amides is 1. The van der Waals surface area contributed by atoms with Gasteiger partial charge in [0.05, 0.1) is 18.9 Å². The van der Waals surface area contributed by atoms with Crippen molar-refractivity contribution in [1.29, 1.82) is 0 Å². The van der Waals surface area contributed by atoms with Crippen LogP contribution in [0.3, 0.4) is 0 Å². The summed E-state index contributed by atoms with van der Waals surface area (Å²) < 4.78 is 10.6. The number of nitrogens with zero attached hydrogens (tertiary/aromatic N) is 1. The van der Waals surface area contributed by atoms with Crippen molar-refractivity contribution in [1.82, 2.24) is 5.32 Å². The van der Waals surface area contributed by atoms with Crippen LogP contribution < -0.4 is 10.1 Å². The molecule has 0 spiro atoms. The Hall–Kier alpha value is -2.08. The normalized spacial score (nSPS) is 23.8. The molecule has 1 aromatic carbocycles. The first kappa shape index (κ1) is 14.8. The van der Waals surface area contributed by atoms with Crippen LogP contribution in [0.4, 0.5) is 0 Å². The quantitative estimate of drug-likeness (QED) is 0.894. The molecule has 1 N–H and O–H groups in total. The Morgan fingerprint density at radius 3 is 2.91 bits per heavy atom. The number of carbonyl (C=O) groups is 1. The fraction of sp³-hybridized carbons (Fsp3) is 0.500. The van der Waals surface area contributed by atoms with Crippen LogP contribution in [0.2, 0.25) is 0 Å². The lowest BCUT2D eigenvalue weighted by Gasteiger charge is -2.13. The van der Waals surface area contributed by atoms with E-state index in [9.17, 15) is 4.79 Å². The molecular weight excluding hydrogens is 284 g/mol. The Bertz CT molecular complexity index is 550. The van der Waals surface area contributed by atoms with Gasteiger partial charge in [0.25, 0.3) is 5.91 Å². The largest absolute Gasteiger partial charge is 0.497 e. The molecule has 0 bridgehead atoms. The third-order valence-corrected chi connectivity index (χ3v) is 3.91. The topological polar surface area (TPSA) is 69.2 Å². The van der Waals surface area contributed by atoms with E-state index in [0.717, 1.165) is 36.5 Å². The van der Waals surface area contributed by atoms with Crippen LogP contribution in [0.1, 0.15) is 24.8 Å². The highest BCUT2D eigenvalue weighted by Gasteiger charge is 2.29. The predicted octanol–water partition coefficient (Wildman–Crippen LogP) is 1.48. The van der Waals surface area contributed by atoms with Gasteiger partial charge in [-0.15, -0.1) is 0 Å². The van der Waals surface area contributed by atoms with Gasteiger partial charge in [-0.1, -0.05) is 5.16 Å². The molecule has 22 heavy (non-hydrogen) atoms. The highest BCUT2D eigenvalue weighted by Crippen LogP contribution is 2.19. The second kappa shape index (κ2) is 6.79. The number of rotatable bonds is 5. The van der Waals surface area contributed by atoms with Crippen LogP contribution in [-0.2, 0) is 14.4 Å². The van der Waals surface area contributed by atoms with E-state index in [1.54, 1.807) is 7.11 Å². The van der Waals surface area contributed by atoms with Crippen molar-refractivity contribution in [2.75, 3.05) is 20.3 Å². The second-order valence-electron chi connectivity index (χ2n) is 5.44. The smallest absolute Gasteiger partial charge is 0.264 e. The van der Waals surface area contributed by atoms with Gasteiger partial charge in [-0.3, -0.25) is 4.79 Å². The summed E-state index contributed by atoms with van der Waals surface area (Å²) in [5, 5.41) is 6.90. The zero-order chi connectivity index (χ0) is 15.4. The van der Waals surface area contributed by atoms with E-state index in [2.05, 4.69) is 10.5 Å². The highest BCUT2D eigenvalue weighted by atomic mass is 16.6. The molecule has 1 aromatic rings. The van der Waals surface area contributed by atoms with Crippen LogP contribution in [0.25, 0.3) is 0 Å². The third kappa shape index (κ3) is 3.39. The summed E-state index contributed by atoms with van der Waals surface area (Å²) in [6.07, 6.45) is 2.11. The fourth-order valence-electron chi connectivity index (χ4n) is 2.61. The second-order valence-corrected chi connectivity index (χ2v) is 5.44. The van der Waals surface area contributed by atoms with Gasteiger partial charge in [-0.2, -0.15) is 0 Å². The molecule has 1 fully saturated rings. The summed E-state index contributed by atoms with van der Waals surface area (Å²) in [6, 6.07) is 7.55. The van der Waals surface area contributed by atoms with Crippen LogP contribution in [0.5, 0.6) is 5.75 Å². The van der Waals surface area contributed by atoms with Gasteiger partial charge in [-0.25, -0.2) is 0 Å². The Morgan fingerprint density at radius 1 is 1.41 bits per heavy atom. The molecule has 1 amide bonds. The highest BCUT2D eigenvalue weighted by molar-refractivity contribution is 6.04. The van der Waals surface area contributed by atoms with E-state index in [1.807, 2.05) is 24.3 Å². The van der Waals surface area contributed by atoms with Crippen molar-refractivity contribution in [2.24, 2.45) is 5.16 Å². The van der Waals surface area contributed by atoms with Crippen molar-refractivity contribution in [3.63, 3.8) is 0 Å². The summed E-state index contributed by atoms with van der Waals surface area (Å²) in [7, 11) is 1.62. The Balaban J connectivity index is 1.50. The first-order valence-corrected chi connectivity index (χ1v) is 7.52. The summed E-state index contributed by atoms with van der Waals surface area (Å²) in [5.74, 6) is 0.650. The maximum Gasteiger partial charge on any atom is 0.264 e. The van der Waals surface area contributed by atoms with Gasteiger partial charge < -0.3 is 19.6 Å². The van der Waals surface area contributed by atoms with E-state index in [0.29, 0.717) is 13.0 Å². The molecule has 2 heterocycles. The molecule has 0 saturated carbocycles. The van der Waals surface area contributed by atoms with E-state index >= 15 is 0 Å². The Morgan fingerprint density at radius 2 is 2.23 bits per heavy atom. The minimum Gasteiger partial charge on any atom is -0.497 e. The van der Waals surface area contributed by atoms with Gasteiger partial charge in [0, 0.05) is 19.6 Å². The van der Waals surface area contributed by atoms with Gasteiger partial charge in [-0.05, 0) is 42.7 Å². The van der Waals surface area contributed by atoms with Gasteiger partial charge in [0.15, 0.2) is 0 Å². The Labute approximate surface area is 129 Å². The minimum absolute atomic E-state index is 0.132. The number of methoxy groups -OCH3 is 1. The molecule has 2 aliphatic rings. The molecule has 6 heteroatoms. The standard InChI is InChI=1S/C16H20N2O4/c1-20-12-6-4-11(5-7-12)14-9-15(22-18-14)16(19)17-10-13-3-2-8-21-13/h4-7,13,15H,2-3,8-10H2,1H3,(H,17,19)/t13-,15+/m0/s1. The number of benzene rings is 1. The molecule has 0 unspecified atom stereocenters. The number of nitrogens with one attached hydrogen (secondary N) is 1. The van der Waals surface area contributed by atoms with Crippen molar-refractivity contribution in [2.45, 2.75) is 31.5 Å². The van der Waals surface area contributed by atoms with Crippen molar-refractivity contribution in [3.05, 3.63) is 29.8 Å².